The van der Waals surface area contributed by atoms with Crippen LogP contribution in [0.4, 0.5) is 14.5 Å². The van der Waals surface area contributed by atoms with Gasteiger partial charge in [0.25, 0.3) is 0 Å². The number of halogens is 2. The van der Waals surface area contributed by atoms with Crippen LogP contribution in [0.25, 0.3) is 27.2 Å². The Balaban J connectivity index is 1.80. The van der Waals surface area contributed by atoms with Crippen LogP contribution >= 0.6 is 0 Å². The van der Waals surface area contributed by atoms with Crippen LogP contribution in [0.5, 0.6) is 5.75 Å². The fourth-order valence-corrected chi connectivity index (χ4v) is 3.86. The predicted octanol–water partition coefficient (Wildman–Crippen LogP) is 4.17. The van der Waals surface area contributed by atoms with E-state index in [0.29, 0.717) is 48.3 Å². The maximum atomic E-state index is 14.4. The average molecular weight is 424 g/mol. The van der Waals surface area contributed by atoms with Crippen LogP contribution in [0.15, 0.2) is 42.6 Å². The predicted molar refractivity (Wildman–Crippen MR) is 113 cm³/mol. The van der Waals surface area contributed by atoms with Crippen molar-refractivity contribution in [3.8, 4) is 28.1 Å². The fourth-order valence-electron chi connectivity index (χ4n) is 3.86. The topological polar surface area (TPSA) is 63.7 Å². The van der Waals surface area contributed by atoms with Gasteiger partial charge in [-0.1, -0.05) is 18.2 Å². The molecule has 160 valence electrons. The molecule has 0 aliphatic carbocycles. The minimum Gasteiger partial charge on any atom is -0.494 e. The fraction of sp³-hybridized carbons (Fsp3) is 0.304. The summed E-state index contributed by atoms with van der Waals surface area (Å²) >= 11 is 0. The van der Waals surface area contributed by atoms with Gasteiger partial charge in [-0.05, 0) is 49.7 Å². The third-order valence-corrected chi connectivity index (χ3v) is 5.56. The highest BCUT2D eigenvalue weighted by molar-refractivity contribution is 5.81. The molecule has 0 radical (unpaired) electrons. The summed E-state index contributed by atoms with van der Waals surface area (Å²) in [5.41, 5.74) is 1.06. The van der Waals surface area contributed by atoms with E-state index in [1.54, 1.807) is 23.0 Å². The van der Waals surface area contributed by atoms with Gasteiger partial charge in [0.05, 0.1) is 25.8 Å². The minimum absolute atomic E-state index is 0.0794. The highest BCUT2D eigenvalue weighted by Gasteiger charge is 2.30. The number of rotatable bonds is 5. The second-order valence-electron chi connectivity index (χ2n) is 7.69. The molecule has 4 rings (SSSR count). The Hall–Kier alpha value is -3.28. The molecule has 31 heavy (non-hydrogen) atoms. The molecule has 8 heteroatoms. The Bertz CT molecular complexity index is 1150. The highest BCUT2D eigenvalue weighted by atomic mass is 19.1. The molecule has 0 amide bonds. The van der Waals surface area contributed by atoms with Crippen molar-refractivity contribution in [2.75, 3.05) is 20.2 Å². The number of benzene rings is 2. The molecule has 2 heterocycles. The van der Waals surface area contributed by atoms with Crippen molar-refractivity contribution in [3.05, 3.63) is 65.6 Å². The van der Waals surface area contributed by atoms with Gasteiger partial charge in [0, 0.05) is 17.3 Å². The van der Waals surface area contributed by atoms with Crippen molar-refractivity contribution >= 4 is 5.69 Å². The van der Waals surface area contributed by atoms with Gasteiger partial charge in [-0.25, -0.2) is 13.6 Å². The van der Waals surface area contributed by atoms with Gasteiger partial charge in [-0.3, -0.25) is 4.68 Å². The summed E-state index contributed by atoms with van der Waals surface area (Å²) in [6, 6.07) is 8.83. The van der Waals surface area contributed by atoms with Gasteiger partial charge in [0.15, 0.2) is 11.6 Å². The van der Waals surface area contributed by atoms with Crippen LogP contribution in [0.1, 0.15) is 12.8 Å². The Morgan fingerprint density at radius 3 is 2.52 bits per heavy atom. The van der Waals surface area contributed by atoms with Crippen molar-refractivity contribution in [2.24, 2.45) is 0 Å². The first-order valence-electron chi connectivity index (χ1n) is 9.94. The zero-order chi connectivity index (χ0) is 22.0. The molecule has 1 aliphatic rings. The Morgan fingerprint density at radius 2 is 1.87 bits per heavy atom. The minimum atomic E-state index is -0.907. The van der Waals surface area contributed by atoms with Crippen molar-refractivity contribution in [1.82, 2.24) is 15.1 Å². The maximum absolute atomic E-state index is 14.4. The largest absolute Gasteiger partial charge is 0.494 e. The molecule has 2 N–H and O–H groups in total. The van der Waals surface area contributed by atoms with E-state index in [9.17, 15) is 13.9 Å². The SMILES string of the molecule is [C-]#[N+]c1ccc(-c2nn(CC3(O)CCNCC3)cc2-c2ccc(OC)c(F)c2)cc1F. The molecule has 0 atom stereocenters. The lowest BCUT2D eigenvalue weighted by atomic mass is 9.92. The van der Waals surface area contributed by atoms with Crippen LogP contribution in [0, 0.1) is 18.2 Å². The number of nitrogens with one attached hydrogen (secondary N) is 1. The van der Waals surface area contributed by atoms with E-state index in [4.69, 9.17) is 11.3 Å². The number of methoxy groups -OCH3 is 1. The number of nitrogens with zero attached hydrogens (tertiary/aromatic N) is 3. The zero-order valence-corrected chi connectivity index (χ0v) is 17.0. The summed E-state index contributed by atoms with van der Waals surface area (Å²) in [6.45, 7) is 8.74. The van der Waals surface area contributed by atoms with Gasteiger partial charge in [-0.2, -0.15) is 5.10 Å². The summed E-state index contributed by atoms with van der Waals surface area (Å²) in [5.74, 6) is -1.05. The Labute approximate surface area is 178 Å². The lowest BCUT2D eigenvalue weighted by molar-refractivity contribution is -0.00815. The number of piperidine rings is 1. The standard InChI is InChI=1S/C23H22F2N4O2/c1-26-20-5-3-16(12-18(20)24)22-17(15-4-6-21(31-2)19(25)11-15)13-29(28-22)14-23(30)7-9-27-10-8-23/h3-6,11-13,27,30H,7-10,14H2,2H3. The molecule has 0 bridgehead atoms. The second kappa shape index (κ2) is 8.46. The van der Waals surface area contributed by atoms with E-state index in [1.807, 2.05) is 0 Å². The lowest BCUT2D eigenvalue weighted by Crippen LogP contribution is -2.44. The lowest BCUT2D eigenvalue weighted by Gasteiger charge is -2.32. The van der Waals surface area contributed by atoms with Crippen molar-refractivity contribution < 1.29 is 18.6 Å². The molecule has 1 fully saturated rings. The molecular formula is C23H22F2N4O2. The molecule has 2 aromatic carbocycles. The van der Waals surface area contributed by atoms with Crippen molar-refractivity contribution in [1.29, 1.82) is 0 Å². The van der Waals surface area contributed by atoms with Crippen LogP contribution in [0.3, 0.4) is 0 Å². The van der Waals surface area contributed by atoms with E-state index in [1.165, 1.54) is 31.4 Å². The van der Waals surface area contributed by atoms with E-state index in [-0.39, 0.29) is 18.0 Å². The molecule has 3 aromatic rings. The van der Waals surface area contributed by atoms with E-state index in [2.05, 4.69) is 15.3 Å². The first-order valence-corrected chi connectivity index (χ1v) is 9.94. The first-order chi connectivity index (χ1) is 14.9. The number of aliphatic hydroxyl groups is 1. The van der Waals surface area contributed by atoms with Gasteiger partial charge in [0.2, 0.25) is 5.69 Å². The summed E-state index contributed by atoms with van der Waals surface area (Å²) in [4.78, 5) is 3.15. The average Bonchev–Trinajstić information content (AvgIpc) is 3.17. The zero-order valence-electron chi connectivity index (χ0n) is 17.0. The van der Waals surface area contributed by atoms with Gasteiger partial charge in [0.1, 0.15) is 11.5 Å². The number of ether oxygens (including phenoxy) is 1. The molecule has 0 spiro atoms. The molecular weight excluding hydrogens is 402 g/mol. The number of hydrogen-bond acceptors (Lipinski definition) is 4. The van der Waals surface area contributed by atoms with Gasteiger partial charge in [-0.15, -0.1) is 0 Å². The van der Waals surface area contributed by atoms with E-state index in [0.717, 1.165) is 0 Å². The molecule has 1 aromatic heterocycles. The van der Waals surface area contributed by atoms with E-state index >= 15 is 0 Å². The Morgan fingerprint density at radius 1 is 1.16 bits per heavy atom. The summed E-state index contributed by atoms with van der Waals surface area (Å²) in [6.07, 6.45) is 2.91. The molecule has 1 aliphatic heterocycles. The molecule has 6 nitrogen and oxygen atoms in total. The van der Waals surface area contributed by atoms with Gasteiger partial charge >= 0.3 is 0 Å². The van der Waals surface area contributed by atoms with Crippen LogP contribution < -0.4 is 10.1 Å². The molecule has 0 saturated carbocycles. The van der Waals surface area contributed by atoms with Crippen LogP contribution in [-0.2, 0) is 6.54 Å². The third kappa shape index (κ3) is 4.29. The summed E-state index contributed by atoms with van der Waals surface area (Å²) in [7, 11) is 1.39. The first kappa shape index (κ1) is 21.0. The number of aromatic nitrogens is 2. The van der Waals surface area contributed by atoms with Gasteiger partial charge < -0.3 is 15.2 Å². The van der Waals surface area contributed by atoms with Crippen molar-refractivity contribution in [3.63, 3.8) is 0 Å². The third-order valence-electron chi connectivity index (χ3n) is 5.56. The van der Waals surface area contributed by atoms with E-state index < -0.39 is 17.2 Å². The Kier molecular flexibility index (Phi) is 5.72. The normalized spacial score (nSPS) is 15.5. The molecule has 1 saturated heterocycles. The quantitative estimate of drug-likeness (QED) is 0.604. The molecule has 0 unspecified atom stereocenters. The van der Waals surface area contributed by atoms with Crippen molar-refractivity contribution in [2.45, 2.75) is 25.0 Å². The second-order valence-corrected chi connectivity index (χ2v) is 7.69. The number of hydrogen-bond donors (Lipinski definition) is 2. The van der Waals surface area contributed by atoms with Crippen LogP contribution in [0.2, 0.25) is 0 Å². The summed E-state index contributed by atoms with van der Waals surface area (Å²) in [5, 5.41) is 18.7. The smallest absolute Gasteiger partial charge is 0.222 e. The highest BCUT2D eigenvalue weighted by Crippen LogP contribution is 2.35. The summed E-state index contributed by atoms with van der Waals surface area (Å²) < 4.78 is 35.3. The monoisotopic (exact) mass is 424 g/mol. The maximum Gasteiger partial charge on any atom is 0.222 e. The van der Waals surface area contributed by atoms with Crippen LogP contribution in [-0.4, -0.2) is 40.7 Å².